The third kappa shape index (κ3) is 6.02. The zero-order chi connectivity index (χ0) is 24.8. The van der Waals surface area contributed by atoms with E-state index < -0.39 is 0 Å². The lowest BCUT2D eigenvalue weighted by atomic mass is 10.1. The fourth-order valence-corrected chi connectivity index (χ4v) is 5.27. The molecule has 9 heteroatoms. The molecule has 0 aromatic carbocycles. The molecule has 0 saturated carbocycles. The van der Waals surface area contributed by atoms with Gasteiger partial charge in [0.25, 0.3) is 11.5 Å². The maximum Gasteiger partial charge on any atom is 0.267 e. The van der Waals surface area contributed by atoms with E-state index >= 15 is 0 Å². The predicted octanol–water partition coefficient (Wildman–Crippen LogP) is 5.77. The number of thioether (sulfide) groups is 1. The van der Waals surface area contributed by atoms with Crippen molar-refractivity contribution in [1.29, 1.82) is 0 Å². The SMILES string of the molecule is CCCCCCCCN1C(=O)C(=Cc2c(NCc3ccco3)nc3ccc(C)cn3c2=O)SC1=S. The Bertz CT molecular complexity index is 1300. The molecule has 4 rings (SSSR count). The van der Waals surface area contributed by atoms with Crippen molar-refractivity contribution in [2.75, 3.05) is 11.9 Å². The van der Waals surface area contributed by atoms with Crippen LogP contribution in [-0.2, 0) is 11.3 Å². The number of nitrogens with one attached hydrogen (secondary N) is 1. The number of rotatable bonds is 11. The highest BCUT2D eigenvalue weighted by Crippen LogP contribution is 2.33. The van der Waals surface area contributed by atoms with Gasteiger partial charge in [-0.05, 0) is 43.2 Å². The van der Waals surface area contributed by atoms with E-state index in [9.17, 15) is 9.59 Å². The summed E-state index contributed by atoms with van der Waals surface area (Å²) in [5, 5.41) is 3.20. The molecule has 1 aliphatic heterocycles. The van der Waals surface area contributed by atoms with Crippen LogP contribution in [0.15, 0.2) is 50.8 Å². The number of fused-ring (bicyclic) bond motifs is 1. The van der Waals surface area contributed by atoms with Gasteiger partial charge in [0, 0.05) is 12.7 Å². The first kappa shape index (κ1) is 25.2. The van der Waals surface area contributed by atoms with Gasteiger partial charge in [0.05, 0.1) is 23.3 Å². The number of aryl methyl sites for hydroxylation is 1. The number of furan rings is 1. The highest BCUT2D eigenvalue weighted by atomic mass is 32.2. The summed E-state index contributed by atoms with van der Waals surface area (Å²) in [4.78, 5) is 33.4. The second kappa shape index (κ2) is 11.7. The maximum absolute atomic E-state index is 13.5. The number of unbranched alkanes of at least 4 members (excludes halogenated alkanes) is 5. The molecular formula is C26H30N4O3S2. The Morgan fingerprint density at radius 2 is 1.94 bits per heavy atom. The summed E-state index contributed by atoms with van der Waals surface area (Å²) in [6.45, 7) is 5.08. The van der Waals surface area contributed by atoms with Gasteiger partial charge in [-0.3, -0.25) is 18.9 Å². The van der Waals surface area contributed by atoms with E-state index in [0.717, 1.165) is 18.4 Å². The molecule has 1 N–H and O–H groups in total. The van der Waals surface area contributed by atoms with Crippen LogP contribution in [0.25, 0.3) is 11.7 Å². The van der Waals surface area contributed by atoms with Crippen LogP contribution in [-0.4, -0.2) is 31.1 Å². The summed E-state index contributed by atoms with van der Waals surface area (Å²) >= 11 is 6.73. The van der Waals surface area contributed by atoms with E-state index in [0.29, 0.717) is 45.1 Å². The van der Waals surface area contributed by atoms with Gasteiger partial charge in [-0.15, -0.1) is 0 Å². The summed E-state index contributed by atoms with van der Waals surface area (Å²) in [5.74, 6) is 0.961. The smallest absolute Gasteiger partial charge is 0.267 e. The molecule has 1 fully saturated rings. The minimum absolute atomic E-state index is 0.153. The first-order valence-electron chi connectivity index (χ1n) is 12.0. The zero-order valence-corrected chi connectivity index (χ0v) is 21.7. The molecule has 0 unspecified atom stereocenters. The van der Waals surface area contributed by atoms with Gasteiger partial charge in [-0.1, -0.05) is 69.1 Å². The number of amides is 1. The van der Waals surface area contributed by atoms with Gasteiger partial charge >= 0.3 is 0 Å². The number of nitrogens with zero attached hydrogens (tertiary/aromatic N) is 3. The molecule has 1 saturated heterocycles. The van der Waals surface area contributed by atoms with Crippen LogP contribution in [0.3, 0.4) is 0 Å². The van der Waals surface area contributed by atoms with E-state index in [1.165, 1.54) is 41.8 Å². The number of hydrogen-bond donors (Lipinski definition) is 1. The lowest BCUT2D eigenvalue weighted by Gasteiger charge is -2.14. The fraction of sp³-hybridized carbons (Fsp3) is 0.385. The molecule has 3 aromatic rings. The van der Waals surface area contributed by atoms with Gasteiger partial charge in [0.15, 0.2) is 0 Å². The van der Waals surface area contributed by atoms with Crippen molar-refractivity contribution in [3.63, 3.8) is 0 Å². The third-order valence-corrected chi connectivity index (χ3v) is 7.28. The van der Waals surface area contributed by atoms with E-state index in [-0.39, 0.29) is 11.5 Å². The first-order chi connectivity index (χ1) is 17.0. The van der Waals surface area contributed by atoms with Gasteiger partial charge in [-0.25, -0.2) is 4.98 Å². The molecule has 0 radical (unpaired) electrons. The van der Waals surface area contributed by atoms with Crippen molar-refractivity contribution in [3.8, 4) is 0 Å². The van der Waals surface area contributed by atoms with Gasteiger partial charge < -0.3 is 9.73 Å². The highest BCUT2D eigenvalue weighted by Gasteiger charge is 2.32. The van der Waals surface area contributed by atoms with Gasteiger partial charge in [0.1, 0.15) is 21.5 Å². The number of anilines is 1. The Morgan fingerprint density at radius 3 is 2.71 bits per heavy atom. The van der Waals surface area contributed by atoms with E-state index in [1.54, 1.807) is 35.6 Å². The minimum Gasteiger partial charge on any atom is -0.467 e. The highest BCUT2D eigenvalue weighted by molar-refractivity contribution is 8.26. The molecule has 0 aliphatic carbocycles. The van der Waals surface area contributed by atoms with Crippen LogP contribution in [0.1, 0.15) is 62.3 Å². The van der Waals surface area contributed by atoms with Crippen LogP contribution in [0.2, 0.25) is 0 Å². The molecule has 7 nitrogen and oxygen atoms in total. The number of carbonyl (C=O) groups is 1. The van der Waals surface area contributed by atoms with E-state index in [4.69, 9.17) is 16.6 Å². The number of aromatic nitrogens is 2. The molecule has 35 heavy (non-hydrogen) atoms. The molecule has 0 atom stereocenters. The largest absolute Gasteiger partial charge is 0.467 e. The van der Waals surface area contributed by atoms with Gasteiger partial charge in [0.2, 0.25) is 0 Å². The average molecular weight is 511 g/mol. The summed E-state index contributed by atoms with van der Waals surface area (Å²) in [7, 11) is 0. The second-order valence-corrected chi connectivity index (χ2v) is 10.3. The maximum atomic E-state index is 13.5. The Labute approximate surface area is 214 Å². The third-order valence-electron chi connectivity index (χ3n) is 5.90. The first-order valence-corrected chi connectivity index (χ1v) is 13.2. The average Bonchev–Trinajstić information content (AvgIpc) is 3.46. The standard InChI is InChI=1S/C26H30N4O3S2/c1-3-4-5-6-7-8-13-29-25(32)21(35-26(29)34)15-20-23(27-16-19-10-9-14-33-19)28-22-12-11-18(2)17-30(22)24(20)31/h9-12,14-15,17,27H,3-8,13,16H2,1-2H3. The fourth-order valence-electron chi connectivity index (χ4n) is 3.98. The topological polar surface area (TPSA) is 79.8 Å². The number of thiocarbonyl (C=S) groups is 1. The van der Waals surface area contributed by atoms with Crippen LogP contribution in [0.4, 0.5) is 5.82 Å². The summed E-state index contributed by atoms with van der Waals surface area (Å²) in [5.41, 5.74) is 1.53. The number of pyridine rings is 1. The van der Waals surface area contributed by atoms with Gasteiger partial charge in [-0.2, -0.15) is 0 Å². The normalized spacial score (nSPS) is 15.0. The van der Waals surface area contributed by atoms with Crippen molar-refractivity contribution in [3.05, 3.63) is 68.9 Å². The molecule has 1 amide bonds. The lowest BCUT2D eigenvalue weighted by Crippen LogP contribution is -2.29. The van der Waals surface area contributed by atoms with Crippen molar-refractivity contribution >= 4 is 51.7 Å². The Morgan fingerprint density at radius 1 is 1.14 bits per heavy atom. The molecule has 0 spiro atoms. The Kier molecular flexibility index (Phi) is 8.41. The molecule has 184 valence electrons. The zero-order valence-electron chi connectivity index (χ0n) is 20.1. The molecule has 3 aromatic heterocycles. The minimum atomic E-state index is -0.248. The lowest BCUT2D eigenvalue weighted by molar-refractivity contribution is -0.122. The monoisotopic (exact) mass is 510 g/mol. The molecule has 4 heterocycles. The van der Waals surface area contributed by atoms with Crippen molar-refractivity contribution in [1.82, 2.24) is 14.3 Å². The molecule has 1 aliphatic rings. The Balaban J connectivity index is 1.60. The Hall–Kier alpha value is -2.91. The van der Waals surface area contributed by atoms with E-state index in [1.807, 2.05) is 19.1 Å². The summed E-state index contributed by atoms with van der Waals surface area (Å²) in [6, 6.07) is 7.36. The van der Waals surface area contributed by atoms with Crippen LogP contribution >= 0.6 is 24.0 Å². The number of hydrogen-bond acceptors (Lipinski definition) is 7. The quantitative estimate of drug-likeness (QED) is 0.199. The predicted molar refractivity (Wildman–Crippen MR) is 145 cm³/mol. The van der Waals surface area contributed by atoms with Crippen molar-refractivity contribution in [2.45, 2.75) is 58.9 Å². The second-order valence-electron chi connectivity index (χ2n) is 8.65. The van der Waals surface area contributed by atoms with Crippen molar-refractivity contribution < 1.29 is 9.21 Å². The number of carbonyl (C=O) groups excluding carboxylic acids is 1. The van der Waals surface area contributed by atoms with Crippen LogP contribution < -0.4 is 10.9 Å². The molecule has 0 bridgehead atoms. The van der Waals surface area contributed by atoms with Crippen LogP contribution in [0.5, 0.6) is 0 Å². The molecular weight excluding hydrogens is 480 g/mol. The van der Waals surface area contributed by atoms with Crippen LogP contribution in [0, 0.1) is 6.92 Å². The summed E-state index contributed by atoms with van der Waals surface area (Å²) in [6.07, 6.45) is 11.8. The van der Waals surface area contributed by atoms with Crippen molar-refractivity contribution in [2.24, 2.45) is 0 Å². The van der Waals surface area contributed by atoms with E-state index in [2.05, 4.69) is 17.2 Å². The summed E-state index contributed by atoms with van der Waals surface area (Å²) < 4.78 is 7.45.